The van der Waals surface area contributed by atoms with Crippen molar-refractivity contribution in [2.45, 2.75) is 33.2 Å². The predicted octanol–water partition coefficient (Wildman–Crippen LogP) is 3.42. The van der Waals surface area contributed by atoms with E-state index in [4.69, 9.17) is 0 Å². The molecule has 3 aromatic rings. The highest BCUT2D eigenvalue weighted by Crippen LogP contribution is 2.27. The number of hydrogen-bond donors (Lipinski definition) is 1. The van der Waals surface area contributed by atoms with E-state index < -0.39 is 11.7 Å². The van der Waals surface area contributed by atoms with Gasteiger partial charge in [-0.2, -0.15) is 0 Å². The lowest BCUT2D eigenvalue weighted by molar-refractivity contribution is -0.133. The van der Waals surface area contributed by atoms with Gasteiger partial charge in [-0.1, -0.05) is 6.92 Å². The quantitative estimate of drug-likeness (QED) is 0.671. The number of benzene rings is 1. The van der Waals surface area contributed by atoms with E-state index in [1.165, 1.54) is 35.2 Å². The van der Waals surface area contributed by atoms with Gasteiger partial charge in [-0.15, -0.1) is 11.3 Å². The topological polar surface area (TPSA) is 84.3 Å². The first-order valence-electron chi connectivity index (χ1n) is 10.2. The third-order valence-corrected chi connectivity index (χ3v) is 6.74. The third kappa shape index (κ3) is 4.36. The molecule has 0 spiro atoms. The zero-order chi connectivity index (χ0) is 22.1. The molecule has 0 bridgehead atoms. The van der Waals surface area contributed by atoms with Crippen LogP contribution in [0.2, 0.25) is 0 Å². The number of thiophene rings is 1. The number of nitrogens with zero attached hydrogens (tertiary/aromatic N) is 3. The van der Waals surface area contributed by atoms with E-state index in [9.17, 15) is 18.8 Å². The van der Waals surface area contributed by atoms with Gasteiger partial charge in [0.15, 0.2) is 0 Å². The molecule has 7 nitrogen and oxygen atoms in total. The first-order valence-corrected chi connectivity index (χ1v) is 11.0. The Labute approximate surface area is 182 Å². The van der Waals surface area contributed by atoms with Gasteiger partial charge in [-0.3, -0.25) is 19.0 Å². The highest BCUT2D eigenvalue weighted by atomic mass is 32.1. The van der Waals surface area contributed by atoms with Crippen LogP contribution in [0.5, 0.6) is 0 Å². The summed E-state index contributed by atoms with van der Waals surface area (Å²) in [7, 11) is 0. The number of carbonyl (C=O) groups is 2. The summed E-state index contributed by atoms with van der Waals surface area (Å²) in [6, 6.07) is 5.45. The van der Waals surface area contributed by atoms with Crippen LogP contribution in [0.3, 0.4) is 0 Å². The van der Waals surface area contributed by atoms with E-state index in [1.807, 2.05) is 0 Å². The monoisotopic (exact) mass is 442 g/mol. The van der Waals surface area contributed by atoms with E-state index in [-0.39, 0.29) is 18.0 Å². The molecule has 0 aliphatic carbocycles. The van der Waals surface area contributed by atoms with E-state index in [1.54, 1.807) is 11.8 Å². The Hall–Kier alpha value is -3.07. The van der Waals surface area contributed by atoms with Gasteiger partial charge in [0.25, 0.3) is 11.5 Å². The molecule has 1 saturated heterocycles. The fraction of sp³-hybridized carbons (Fsp3) is 0.364. The van der Waals surface area contributed by atoms with E-state index in [0.29, 0.717) is 45.4 Å². The molecule has 2 amide bonds. The van der Waals surface area contributed by atoms with Crippen molar-refractivity contribution in [1.82, 2.24) is 14.5 Å². The second-order valence-corrected chi connectivity index (χ2v) is 8.96. The van der Waals surface area contributed by atoms with Crippen molar-refractivity contribution in [3.8, 4) is 0 Å². The zero-order valence-electron chi connectivity index (χ0n) is 17.4. The van der Waals surface area contributed by atoms with Gasteiger partial charge in [0.2, 0.25) is 5.91 Å². The van der Waals surface area contributed by atoms with Crippen molar-refractivity contribution in [2.75, 3.05) is 18.4 Å². The maximum atomic E-state index is 13.1. The largest absolute Gasteiger partial charge is 0.341 e. The Morgan fingerprint density at radius 2 is 2.03 bits per heavy atom. The highest BCUT2D eigenvalue weighted by Gasteiger charge is 2.23. The molecule has 1 atom stereocenters. The van der Waals surface area contributed by atoms with Crippen LogP contribution >= 0.6 is 11.3 Å². The van der Waals surface area contributed by atoms with Crippen LogP contribution in [0.25, 0.3) is 10.2 Å². The molecule has 0 saturated carbocycles. The molecule has 3 heterocycles. The summed E-state index contributed by atoms with van der Waals surface area (Å²) >= 11 is 1.12. The number of hydrogen-bond acceptors (Lipinski definition) is 5. The Morgan fingerprint density at radius 1 is 1.29 bits per heavy atom. The molecule has 1 aliphatic heterocycles. The number of aromatic nitrogens is 2. The summed E-state index contributed by atoms with van der Waals surface area (Å²) in [6.45, 7) is 5.15. The smallest absolute Gasteiger partial charge is 0.266 e. The summed E-state index contributed by atoms with van der Waals surface area (Å²) in [5.74, 6) is -0.431. The van der Waals surface area contributed by atoms with Crippen LogP contribution in [0, 0.1) is 18.7 Å². The molecule has 4 rings (SSSR count). The second kappa shape index (κ2) is 8.58. The number of piperidine rings is 1. The van der Waals surface area contributed by atoms with E-state index in [2.05, 4.69) is 17.2 Å². The van der Waals surface area contributed by atoms with Gasteiger partial charge >= 0.3 is 0 Å². The molecule has 9 heteroatoms. The molecule has 2 aromatic heterocycles. The minimum atomic E-state index is -0.394. The van der Waals surface area contributed by atoms with Gasteiger partial charge in [-0.05, 0) is 55.5 Å². The van der Waals surface area contributed by atoms with Crippen LogP contribution in [-0.4, -0.2) is 39.4 Å². The zero-order valence-corrected chi connectivity index (χ0v) is 18.2. The minimum Gasteiger partial charge on any atom is -0.341 e. The maximum Gasteiger partial charge on any atom is 0.266 e. The first-order chi connectivity index (χ1) is 14.8. The number of likely N-dealkylation sites (tertiary alicyclic amines) is 1. The van der Waals surface area contributed by atoms with Crippen molar-refractivity contribution in [3.63, 3.8) is 0 Å². The van der Waals surface area contributed by atoms with Gasteiger partial charge < -0.3 is 10.2 Å². The van der Waals surface area contributed by atoms with Crippen molar-refractivity contribution < 1.29 is 14.0 Å². The van der Waals surface area contributed by atoms with Crippen LogP contribution in [0.1, 0.15) is 35.0 Å². The fourth-order valence-electron chi connectivity index (χ4n) is 3.87. The van der Waals surface area contributed by atoms with Crippen LogP contribution in [0.15, 0.2) is 35.4 Å². The molecule has 1 fully saturated rings. The number of amides is 2. The third-order valence-electron chi connectivity index (χ3n) is 5.54. The number of rotatable bonds is 4. The molecule has 1 aliphatic rings. The lowest BCUT2D eigenvalue weighted by atomic mass is 10.0. The minimum absolute atomic E-state index is 0.0686. The Morgan fingerprint density at radius 3 is 2.74 bits per heavy atom. The Kier molecular flexibility index (Phi) is 5.86. The molecule has 0 radical (unpaired) electrons. The van der Waals surface area contributed by atoms with Crippen molar-refractivity contribution >= 4 is 39.1 Å². The number of anilines is 1. The Balaban J connectivity index is 1.58. The van der Waals surface area contributed by atoms with Crippen molar-refractivity contribution in [3.05, 3.63) is 57.2 Å². The summed E-state index contributed by atoms with van der Waals surface area (Å²) in [5.41, 5.74) is 0.637. The fourth-order valence-corrected chi connectivity index (χ4v) is 4.91. The summed E-state index contributed by atoms with van der Waals surface area (Å²) in [4.78, 5) is 45.4. The standard InChI is InChI=1S/C22H23FN4O3S/c1-13-4-3-9-26(10-13)17(28)11-27-12-24-21-18(22(27)30)14(2)19(31-21)20(29)25-16-7-5-15(23)6-8-16/h5-8,12-13H,3-4,9-11H2,1-2H3,(H,25,29)/t13-/m1/s1. The lowest BCUT2D eigenvalue weighted by Crippen LogP contribution is -2.42. The summed E-state index contributed by atoms with van der Waals surface area (Å²) in [5, 5.41) is 3.05. The number of carbonyl (C=O) groups excluding carboxylic acids is 2. The normalized spacial score (nSPS) is 16.5. The number of fused-ring (bicyclic) bond motifs is 1. The first kappa shape index (κ1) is 21.2. The lowest BCUT2D eigenvalue weighted by Gasteiger charge is -2.31. The second-order valence-electron chi connectivity index (χ2n) is 7.96. The number of aryl methyl sites for hydroxylation is 1. The molecule has 162 valence electrons. The number of nitrogens with one attached hydrogen (secondary N) is 1. The van der Waals surface area contributed by atoms with Gasteiger partial charge in [-0.25, -0.2) is 9.37 Å². The van der Waals surface area contributed by atoms with E-state index in [0.717, 1.165) is 24.2 Å². The summed E-state index contributed by atoms with van der Waals surface area (Å²) < 4.78 is 14.4. The number of halogens is 1. The average Bonchev–Trinajstić information content (AvgIpc) is 3.09. The van der Waals surface area contributed by atoms with Crippen molar-refractivity contribution in [2.24, 2.45) is 5.92 Å². The molecular weight excluding hydrogens is 419 g/mol. The molecule has 31 heavy (non-hydrogen) atoms. The predicted molar refractivity (Wildman–Crippen MR) is 118 cm³/mol. The molecule has 1 N–H and O–H groups in total. The van der Waals surface area contributed by atoms with Gasteiger partial charge in [0.1, 0.15) is 17.2 Å². The highest BCUT2D eigenvalue weighted by molar-refractivity contribution is 7.20. The SMILES string of the molecule is Cc1c(C(=O)Nc2ccc(F)cc2)sc2ncn(CC(=O)N3CCC[C@@H](C)C3)c(=O)c12. The molecular formula is C22H23FN4O3S. The van der Waals surface area contributed by atoms with Crippen LogP contribution in [0.4, 0.5) is 10.1 Å². The van der Waals surface area contributed by atoms with Crippen LogP contribution < -0.4 is 10.9 Å². The maximum absolute atomic E-state index is 13.1. The molecule has 0 unspecified atom stereocenters. The summed E-state index contributed by atoms with van der Waals surface area (Å²) in [6.07, 6.45) is 3.44. The van der Waals surface area contributed by atoms with Crippen molar-refractivity contribution in [1.29, 1.82) is 0 Å². The average molecular weight is 443 g/mol. The van der Waals surface area contributed by atoms with E-state index >= 15 is 0 Å². The van der Waals surface area contributed by atoms with Gasteiger partial charge in [0, 0.05) is 18.8 Å². The molecule has 1 aromatic carbocycles. The van der Waals surface area contributed by atoms with Gasteiger partial charge in [0.05, 0.1) is 16.6 Å². The van der Waals surface area contributed by atoms with Crippen LogP contribution in [-0.2, 0) is 11.3 Å². The Bertz CT molecular complexity index is 1200.